The zero-order valence-electron chi connectivity index (χ0n) is 21.1. The Morgan fingerprint density at radius 2 is 1.65 bits per heavy atom. The molecule has 2 aromatic rings. The second-order valence-corrected chi connectivity index (χ2v) is 9.21. The third-order valence-corrected chi connectivity index (χ3v) is 5.95. The first kappa shape index (κ1) is 30.1. The predicted molar refractivity (Wildman–Crippen MR) is 146 cm³/mol. The van der Waals surface area contributed by atoms with Crippen LogP contribution in [0, 0.1) is 0 Å². The average Bonchev–Trinajstić information content (AvgIpc) is 2.87. The number of methoxy groups -OCH3 is 1. The van der Waals surface area contributed by atoms with Crippen molar-refractivity contribution >= 4 is 47.2 Å². The van der Waals surface area contributed by atoms with Gasteiger partial charge in [0.2, 0.25) is 5.91 Å². The van der Waals surface area contributed by atoms with E-state index >= 15 is 0 Å². The van der Waals surface area contributed by atoms with Crippen molar-refractivity contribution in [2.75, 3.05) is 13.7 Å². The Morgan fingerprint density at radius 1 is 0.919 bits per heavy atom. The summed E-state index contributed by atoms with van der Waals surface area (Å²) in [4.78, 5) is 36.3. The van der Waals surface area contributed by atoms with Crippen molar-refractivity contribution in [3.8, 4) is 11.5 Å². The Morgan fingerprint density at radius 3 is 2.35 bits per heavy atom. The van der Waals surface area contributed by atoms with Crippen LogP contribution in [0.4, 0.5) is 0 Å². The minimum Gasteiger partial charge on any atom is -0.493 e. The van der Waals surface area contributed by atoms with Gasteiger partial charge in [-0.15, -0.1) is 0 Å². The molecule has 0 aliphatic carbocycles. The number of hydrazone groups is 1. The number of benzene rings is 2. The van der Waals surface area contributed by atoms with E-state index in [4.69, 9.17) is 32.7 Å². The van der Waals surface area contributed by atoms with Gasteiger partial charge < -0.3 is 14.8 Å². The van der Waals surface area contributed by atoms with E-state index in [2.05, 4.69) is 22.8 Å². The van der Waals surface area contributed by atoms with E-state index in [1.165, 1.54) is 63.3 Å². The third-order valence-electron chi connectivity index (χ3n) is 5.40. The lowest BCUT2D eigenvalue weighted by atomic mass is 10.1. The van der Waals surface area contributed by atoms with Gasteiger partial charge in [-0.05, 0) is 48.4 Å². The summed E-state index contributed by atoms with van der Waals surface area (Å²) >= 11 is 11.9. The van der Waals surface area contributed by atoms with Crippen molar-refractivity contribution in [3.63, 3.8) is 0 Å². The highest BCUT2D eigenvalue weighted by atomic mass is 35.5. The van der Waals surface area contributed by atoms with Crippen LogP contribution in [0.5, 0.6) is 11.5 Å². The molecule has 0 aliphatic heterocycles. The summed E-state index contributed by atoms with van der Waals surface area (Å²) in [5.41, 5.74) is 3.11. The number of rotatable bonds is 15. The quantitative estimate of drug-likeness (QED) is 0.0941. The lowest BCUT2D eigenvalue weighted by Crippen LogP contribution is -2.34. The zero-order valence-corrected chi connectivity index (χ0v) is 22.7. The van der Waals surface area contributed by atoms with Gasteiger partial charge in [-0.2, -0.15) is 5.10 Å². The van der Waals surface area contributed by atoms with E-state index in [1.54, 1.807) is 12.1 Å². The fourth-order valence-electron chi connectivity index (χ4n) is 3.39. The number of nitrogens with zero attached hydrogens (tertiary/aromatic N) is 1. The Bertz CT molecular complexity index is 1090. The molecular formula is C27H33Cl2N3O5. The molecule has 0 aliphatic rings. The van der Waals surface area contributed by atoms with Gasteiger partial charge in [0, 0.05) is 11.4 Å². The van der Waals surface area contributed by atoms with Crippen LogP contribution in [0.2, 0.25) is 10.0 Å². The van der Waals surface area contributed by atoms with Crippen LogP contribution in [-0.2, 0) is 9.59 Å². The largest absolute Gasteiger partial charge is 0.493 e. The highest BCUT2D eigenvalue weighted by Crippen LogP contribution is 2.30. The van der Waals surface area contributed by atoms with Crippen molar-refractivity contribution in [2.24, 2.45) is 5.10 Å². The van der Waals surface area contributed by atoms with Gasteiger partial charge in [-0.3, -0.25) is 9.59 Å². The summed E-state index contributed by atoms with van der Waals surface area (Å²) < 4.78 is 10.7. The minimum atomic E-state index is -0.664. The van der Waals surface area contributed by atoms with Crippen LogP contribution < -0.4 is 20.2 Å². The molecule has 2 rings (SSSR count). The molecule has 2 amide bonds. The first-order valence-electron chi connectivity index (χ1n) is 12.3. The predicted octanol–water partition coefficient (Wildman–Crippen LogP) is 5.93. The van der Waals surface area contributed by atoms with Crippen molar-refractivity contribution < 1.29 is 23.9 Å². The first-order chi connectivity index (χ1) is 17.8. The number of nitrogens with one attached hydrogen (secondary N) is 2. The van der Waals surface area contributed by atoms with Gasteiger partial charge in [-0.1, -0.05) is 68.7 Å². The minimum absolute atomic E-state index is 0.151. The van der Waals surface area contributed by atoms with Crippen LogP contribution in [0.1, 0.15) is 74.2 Å². The molecule has 10 heteroatoms. The molecule has 200 valence electrons. The molecule has 37 heavy (non-hydrogen) atoms. The topological polar surface area (TPSA) is 106 Å². The molecule has 0 spiro atoms. The van der Waals surface area contributed by atoms with Gasteiger partial charge in [0.15, 0.2) is 11.5 Å². The summed E-state index contributed by atoms with van der Waals surface area (Å²) in [6, 6.07) is 9.22. The lowest BCUT2D eigenvalue weighted by Gasteiger charge is -2.10. The van der Waals surface area contributed by atoms with Crippen LogP contribution in [-0.4, -0.2) is 37.7 Å². The van der Waals surface area contributed by atoms with Crippen molar-refractivity contribution in [1.82, 2.24) is 10.7 Å². The maximum atomic E-state index is 12.5. The van der Waals surface area contributed by atoms with Crippen LogP contribution in [0.25, 0.3) is 0 Å². The fraction of sp³-hybridized carbons (Fsp3) is 0.407. The van der Waals surface area contributed by atoms with Crippen LogP contribution in [0.15, 0.2) is 41.5 Å². The fourth-order valence-corrected chi connectivity index (χ4v) is 3.87. The summed E-state index contributed by atoms with van der Waals surface area (Å²) in [5.74, 6) is -0.790. The normalized spacial score (nSPS) is 10.8. The summed E-state index contributed by atoms with van der Waals surface area (Å²) in [5, 5.41) is 7.07. The molecular weight excluding hydrogens is 517 g/mol. The second kappa shape index (κ2) is 16.6. The van der Waals surface area contributed by atoms with Crippen molar-refractivity contribution in [2.45, 2.75) is 58.3 Å². The monoisotopic (exact) mass is 549 g/mol. The van der Waals surface area contributed by atoms with Gasteiger partial charge in [0.05, 0.1) is 30.5 Å². The molecule has 0 heterocycles. The number of halogens is 2. The number of hydrogen-bond donors (Lipinski definition) is 2. The molecule has 2 N–H and O–H groups in total. The molecule has 0 unspecified atom stereocenters. The number of ether oxygens (including phenoxy) is 2. The average molecular weight is 550 g/mol. The highest BCUT2D eigenvalue weighted by molar-refractivity contribution is 6.36. The molecule has 0 atom stereocenters. The molecule has 2 aromatic carbocycles. The van der Waals surface area contributed by atoms with E-state index in [0.717, 1.165) is 19.3 Å². The molecule has 8 nitrogen and oxygen atoms in total. The molecule has 0 aromatic heterocycles. The summed E-state index contributed by atoms with van der Waals surface area (Å²) in [6.45, 7) is 2.03. The first-order valence-corrected chi connectivity index (χ1v) is 13.0. The van der Waals surface area contributed by atoms with Crippen molar-refractivity contribution in [1.29, 1.82) is 0 Å². The number of hydrogen-bond acceptors (Lipinski definition) is 6. The van der Waals surface area contributed by atoms with Gasteiger partial charge in [0.25, 0.3) is 5.91 Å². The summed E-state index contributed by atoms with van der Waals surface area (Å²) in [6.07, 6.45) is 9.70. The van der Waals surface area contributed by atoms with E-state index in [0.29, 0.717) is 17.0 Å². The number of amides is 2. The van der Waals surface area contributed by atoms with Gasteiger partial charge in [0.1, 0.15) is 0 Å². The Kier molecular flexibility index (Phi) is 13.5. The maximum Gasteiger partial charge on any atom is 0.345 e. The van der Waals surface area contributed by atoms with E-state index < -0.39 is 11.9 Å². The SMILES string of the molecule is CCCCCCCCCC(=O)NCC(=O)N/N=C/c1ccc(OC(=O)c2ccc(Cl)cc2Cl)c(OC)c1. The molecule has 0 bridgehead atoms. The van der Waals surface area contributed by atoms with Gasteiger partial charge in [-0.25, -0.2) is 10.2 Å². The lowest BCUT2D eigenvalue weighted by molar-refractivity contribution is -0.126. The Labute approximate surface area is 227 Å². The molecule has 0 saturated heterocycles. The number of carbonyl (C=O) groups is 3. The van der Waals surface area contributed by atoms with Crippen LogP contribution in [0.3, 0.4) is 0 Å². The summed E-state index contributed by atoms with van der Waals surface area (Å²) in [7, 11) is 1.43. The van der Waals surface area contributed by atoms with Crippen molar-refractivity contribution in [3.05, 3.63) is 57.6 Å². The Hall–Kier alpha value is -3.10. The van der Waals surface area contributed by atoms with E-state index in [-0.39, 0.29) is 34.5 Å². The number of carbonyl (C=O) groups excluding carboxylic acids is 3. The van der Waals surface area contributed by atoms with Crippen LogP contribution >= 0.6 is 23.2 Å². The Balaban J connectivity index is 1.77. The molecule has 0 fully saturated rings. The smallest absolute Gasteiger partial charge is 0.345 e. The molecule has 0 radical (unpaired) electrons. The van der Waals surface area contributed by atoms with Gasteiger partial charge >= 0.3 is 5.97 Å². The number of unbranched alkanes of at least 4 members (excludes halogenated alkanes) is 6. The third kappa shape index (κ3) is 11.2. The second-order valence-electron chi connectivity index (χ2n) is 8.37. The maximum absolute atomic E-state index is 12.5. The highest BCUT2D eigenvalue weighted by Gasteiger charge is 2.16. The standard InChI is InChI=1S/C27H33Cl2N3O5/c1-3-4-5-6-7-8-9-10-25(33)30-18-26(34)32-31-17-19-11-14-23(24(15-19)36-2)37-27(35)21-13-12-20(28)16-22(21)29/h11-17H,3-10,18H2,1-2H3,(H,30,33)(H,32,34)/b31-17+. The zero-order chi connectivity index (χ0) is 27.0. The van der Waals surface area contributed by atoms with E-state index in [9.17, 15) is 14.4 Å². The molecule has 0 saturated carbocycles. The number of esters is 1. The van der Waals surface area contributed by atoms with E-state index in [1.807, 2.05) is 0 Å².